The first-order valence-electron chi connectivity index (χ1n) is 7.37. The van der Waals surface area contributed by atoms with E-state index >= 15 is 0 Å². The summed E-state index contributed by atoms with van der Waals surface area (Å²) >= 11 is 5.99. The van der Waals surface area contributed by atoms with E-state index in [1.165, 1.54) is 42.9 Å². The zero-order valence-corrected chi connectivity index (χ0v) is 14.5. The second-order valence-electron chi connectivity index (χ2n) is 5.29. The second-order valence-corrected chi connectivity index (χ2v) is 5.70. The van der Waals surface area contributed by atoms with Crippen LogP contribution in [0.2, 0.25) is 5.02 Å². The first-order chi connectivity index (χ1) is 12.6. The van der Waals surface area contributed by atoms with Crippen LogP contribution in [0, 0.1) is 0 Å². The van der Waals surface area contributed by atoms with Gasteiger partial charge in [-0.05, 0) is 24.3 Å². The number of amides is 2. The quantitative estimate of drug-likeness (QED) is 0.468. The van der Waals surface area contributed by atoms with Crippen molar-refractivity contribution in [1.29, 1.82) is 0 Å². The standard InChI is InChI=1S/C17H13ClF3N3O3/c1-24(16(26)12-4-2-3-5-13(12)17(19,20)21)22-9-11-7-6-10(8-14(11)18)15(25)23-27/h2-9,27H,1H3,(H,23,25)/b22-9+. The summed E-state index contributed by atoms with van der Waals surface area (Å²) in [5, 5.41) is 13.2. The maximum absolute atomic E-state index is 13.0. The van der Waals surface area contributed by atoms with Crippen LogP contribution in [0.1, 0.15) is 31.8 Å². The van der Waals surface area contributed by atoms with Crippen molar-refractivity contribution in [3.05, 3.63) is 69.7 Å². The number of nitrogens with one attached hydrogen (secondary N) is 1. The minimum atomic E-state index is -4.68. The van der Waals surface area contributed by atoms with Crippen molar-refractivity contribution in [2.75, 3.05) is 7.05 Å². The van der Waals surface area contributed by atoms with Crippen LogP contribution in [0.15, 0.2) is 47.6 Å². The van der Waals surface area contributed by atoms with Gasteiger partial charge in [0, 0.05) is 18.2 Å². The van der Waals surface area contributed by atoms with Crippen LogP contribution in [0.25, 0.3) is 0 Å². The molecule has 2 aromatic carbocycles. The maximum Gasteiger partial charge on any atom is 0.417 e. The third kappa shape index (κ3) is 4.83. The summed E-state index contributed by atoms with van der Waals surface area (Å²) in [6, 6.07) is 8.39. The summed E-state index contributed by atoms with van der Waals surface area (Å²) in [7, 11) is 1.20. The van der Waals surface area contributed by atoms with Crippen LogP contribution < -0.4 is 5.48 Å². The molecule has 2 N–H and O–H groups in total. The minimum Gasteiger partial charge on any atom is -0.288 e. The van der Waals surface area contributed by atoms with Crippen LogP contribution in [0.3, 0.4) is 0 Å². The molecular formula is C17H13ClF3N3O3. The van der Waals surface area contributed by atoms with E-state index in [0.29, 0.717) is 5.56 Å². The van der Waals surface area contributed by atoms with E-state index in [2.05, 4.69) is 5.10 Å². The lowest BCUT2D eigenvalue weighted by atomic mass is 10.1. The predicted octanol–water partition coefficient (Wildman–Crippen LogP) is 3.58. The van der Waals surface area contributed by atoms with Crippen LogP contribution in [0.5, 0.6) is 0 Å². The van der Waals surface area contributed by atoms with Crippen LogP contribution >= 0.6 is 11.6 Å². The highest BCUT2D eigenvalue weighted by Crippen LogP contribution is 2.32. The molecule has 0 saturated heterocycles. The Kier molecular flexibility index (Phi) is 6.19. The van der Waals surface area contributed by atoms with E-state index in [9.17, 15) is 22.8 Å². The van der Waals surface area contributed by atoms with Crippen molar-refractivity contribution < 1.29 is 28.0 Å². The zero-order valence-electron chi connectivity index (χ0n) is 13.8. The molecule has 0 aromatic heterocycles. The number of benzene rings is 2. The first kappa shape index (κ1) is 20.4. The number of hydrazone groups is 1. The molecule has 0 bridgehead atoms. The molecule has 0 fully saturated rings. The molecule has 27 heavy (non-hydrogen) atoms. The molecular weight excluding hydrogens is 387 g/mol. The molecule has 0 aliphatic carbocycles. The van der Waals surface area contributed by atoms with Crippen LogP contribution in [-0.2, 0) is 6.18 Å². The van der Waals surface area contributed by atoms with Crippen LogP contribution in [-0.4, -0.2) is 35.3 Å². The number of alkyl halides is 3. The zero-order chi connectivity index (χ0) is 20.2. The molecule has 2 rings (SSSR count). The van der Waals surface area contributed by atoms with Gasteiger partial charge in [0.1, 0.15) is 0 Å². The molecule has 10 heteroatoms. The highest BCUT2D eigenvalue weighted by atomic mass is 35.5. The van der Waals surface area contributed by atoms with Crippen molar-refractivity contribution in [3.63, 3.8) is 0 Å². The van der Waals surface area contributed by atoms with Gasteiger partial charge in [-0.2, -0.15) is 18.3 Å². The summed E-state index contributed by atoms with van der Waals surface area (Å²) in [5.41, 5.74) is 0.257. The molecule has 0 unspecified atom stereocenters. The molecule has 142 valence electrons. The molecule has 0 saturated carbocycles. The van der Waals surface area contributed by atoms with Gasteiger partial charge in [-0.1, -0.05) is 29.8 Å². The number of carbonyl (C=O) groups excluding carboxylic acids is 2. The number of carbonyl (C=O) groups is 2. The molecule has 2 amide bonds. The lowest BCUT2D eigenvalue weighted by molar-refractivity contribution is -0.138. The van der Waals surface area contributed by atoms with Gasteiger partial charge >= 0.3 is 6.18 Å². The summed E-state index contributed by atoms with van der Waals surface area (Å²) in [4.78, 5) is 23.6. The fraction of sp³-hybridized carbons (Fsp3) is 0.118. The largest absolute Gasteiger partial charge is 0.417 e. The van der Waals surface area contributed by atoms with E-state index in [-0.39, 0.29) is 10.6 Å². The molecule has 2 aromatic rings. The first-order valence-corrected chi connectivity index (χ1v) is 7.75. The molecule has 0 radical (unpaired) electrons. The van der Waals surface area contributed by atoms with Crippen molar-refractivity contribution in [3.8, 4) is 0 Å². The van der Waals surface area contributed by atoms with Gasteiger partial charge < -0.3 is 0 Å². The summed E-state index contributed by atoms with van der Waals surface area (Å²) in [6.45, 7) is 0. The molecule has 0 spiro atoms. The smallest absolute Gasteiger partial charge is 0.288 e. The topological polar surface area (TPSA) is 82.0 Å². The minimum absolute atomic E-state index is 0.0863. The van der Waals surface area contributed by atoms with Gasteiger partial charge in [0.2, 0.25) is 0 Å². The number of nitrogens with zero attached hydrogens (tertiary/aromatic N) is 2. The fourth-order valence-corrected chi connectivity index (χ4v) is 2.36. The lowest BCUT2D eigenvalue weighted by Gasteiger charge is -2.15. The Balaban J connectivity index is 2.24. The van der Waals surface area contributed by atoms with Crippen molar-refractivity contribution >= 4 is 29.6 Å². The third-order valence-electron chi connectivity index (χ3n) is 3.49. The highest BCUT2D eigenvalue weighted by Gasteiger charge is 2.35. The predicted molar refractivity (Wildman–Crippen MR) is 91.8 cm³/mol. The SMILES string of the molecule is CN(/N=C/c1ccc(C(=O)NO)cc1Cl)C(=O)c1ccccc1C(F)(F)F. The van der Waals surface area contributed by atoms with Gasteiger partial charge in [0.05, 0.1) is 22.4 Å². The monoisotopic (exact) mass is 399 g/mol. The Morgan fingerprint density at radius 2 is 1.89 bits per heavy atom. The number of hydrogen-bond donors (Lipinski definition) is 2. The van der Waals surface area contributed by atoms with Crippen molar-refractivity contribution in [1.82, 2.24) is 10.5 Å². The highest BCUT2D eigenvalue weighted by molar-refractivity contribution is 6.33. The van der Waals surface area contributed by atoms with Gasteiger partial charge in [0.15, 0.2) is 0 Å². The van der Waals surface area contributed by atoms with Crippen LogP contribution in [0.4, 0.5) is 13.2 Å². The molecule has 6 nitrogen and oxygen atoms in total. The summed E-state index contributed by atoms with van der Waals surface area (Å²) in [6.07, 6.45) is -3.51. The second kappa shape index (κ2) is 8.19. The van der Waals surface area contributed by atoms with Gasteiger partial charge in [-0.3, -0.25) is 14.8 Å². The molecule has 0 aliphatic rings. The van der Waals surface area contributed by atoms with E-state index in [0.717, 1.165) is 23.4 Å². The summed E-state index contributed by atoms with van der Waals surface area (Å²) in [5.74, 6) is -1.72. The Morgan fingerprint density at radius 3 is 2.48 bits per heavy atom. The summed E-state index contributed by atoms with van der Waals surface area (Å²) < 4.78 is 39.1. The number of hydroxylamine groups is 1. The number of rotatable bonds is 4. The Hall–Kier alpha value is -2.91. The van der Waals surface area contributed by atoms with E-state index < -0.39 is 29.1 Å². The number of halogens is 4. The van der Waals surface area contributed by atoms with E-state index in [4.69, 9.17) is 16.8 Å². The molecule has 0 aliphatic heterocycles. The third-order valence-corrected chi connectivity index (χ3v) is 3.82. The number of hydrogen-bond acceptors (Lipinski definition) is 4. The maximum atomic E-state index is 13.0. The fourth-order valence-electron chi connectivity index (χ4n) is 2.13. The van der Waals surface area contributed by atoms with Gasteiger partial charge in [0.25, 0.3) is 11.8 Å². The van der Waals surface area contributed by atoms with Gasteiger partial charge in [-0.25, -0.2) is 10.5 Å². The Morgan fingerprint density at radius 1 is 1.22 bits per heavy atom. The van der Waals surface area contributed by atoms with E-state index in [1.807, 2.05) is 0 Å². The van der Waals surface area contributed by atoms with Crippen molar-refractivity contribution in [2.24, 2.45) is 5.10 Å². The molecule has 0 atom stereocenters. The van der Waals surface area contributed by atoms with Crippen molar-refractivity contribution in [2.45, 2.75) is 6.18 Å². The Labute approximate surface area is 156 Å². The van der Waals surface area contributed by atoms with E-state index in [1.54, 1.807) is 0 Å². The lowest BCUT2D eigenvalue weighted by Crippen LogP contribution is -2.24. The van der Waals surface area contributed by atoms with Gasteiger partial charge in [-0.15, -0.1) is 0 Å². The average Bonchev–Trinajstić information content (AvgIpc) is 2.64. The Bertz CT molecular complexity index is 900. The average molecular weight is 400 g/mol. The normalized spacial score (nSPS) is 11.5. The molecule has 0 heterocycles.